The zero-order valence-corrected chi connectivity index (χ0v) is 8.66. The Hall–Kier alpha value is -1.49. The highest BCUT2D eigenvalue weighted by molar-refractivity contribution is 5.38. The number of para-hydroxylation sites is 1. The second-order valence-electron chi connectivity index (χ2n) is 3.21. The van der Waals surface area contributed by atoms with Crippen LogP contribution in [0.5, 0.6) is 5.75 Å². The largest absolute Gasteiger partial charge is 0.496 e. The molecule has 0 saturated carbocycles. The van der Waals surface area contributed by atoms with Crippen LogP contribution in [-0.4, -0.2) is 7.11 Å². The third kappa shape index (κ3) is 2.26. The van der Waals surface area contributed by atoms with E-state index in [0.717, 1.165) is 24.2 Å². The molecule has 0 amide bonds. The van der Waals surface area contributed by atoms with E-state index in [4.69, 9.17) is 10.00 Å². The van der Waals surface area contributed by atoms with Gasteiger partial charge in [-0.1, -0.05) is 31.5 Å². The minimum Gasteiger partial charge on any atom is -0.496 e. The van der Waals surface area contributed by atoms with Crippen LogP contribution >= 0.6 is 0 Å². The molecule has 1 aromatic rings. The molecular weight excluding hydrogens is 174 g/mol. The summed E-state index contributed by atoms with van der Waals surface area (Å²) in [4.78, 5) is 0. The average molecular weight is 189 g/mol. The van der Waals surface area contributed by atoms with E-state index in [1.54, 1.807) is 7.11 Å². The number of rotatable bonds is 4. The smallest absolute Gasteiger partial charge is 0.123 e. The maximum absolute atomic E-state index is 9.02. The Morgan fingerprint density at radius 3 is 2.71 bits per heavy atom. The van der Waals surface area contributed by atoms with E-state index in [9.17, 15) is 0 Å². The molecule has 0 radical (unpaired) electrons. The van der Waals surface area contributed by atoms with Gasteiger partial charge >= 0.3 is 0 Å². The fraction of sp³-hybridized carbons (Fsp3) is 0.417. The summed E-state index contributed by atoms with van der Waals surface area (Å²) in [6, 6.07) is 10.0. The highest BCUT2D eigenvalue weighted by atomic mass is 16.5. The number of methoxy groups -OCH3 is 1. The van der Waals surface area contributed by atoms with E-state index in [2.05, 4.69) is 13.0 Å². The van der Waals surface area contributed by atoms with E-state index in [0.29, 0.717) is 0 Å². The van der Waals surface area contributed by atoms with Crippen LogP contribution in [0.2, 0.25) is 0 Å². The molecule has 0 aromatic heterocycles. The second-order valence-corrected chi connectivity index (χ2v) is 3.21. The maximum atomic E-state index is 9.02. The Kier molecular flexibility index (Phi) is 4.00. The van der Waals surface area contributed by atoms with Crippen molar-refractivity contribution in [2.24, 2.45) is 0 Å². The van der Waals surface area contributed by atoms with Crippen LogP contribution in [0.15, 0.2) is 24.3 Å². The van der Waals surface area contributed by atoms with Crippen LogP contribution in [0.4, 0.5) is 0 Å². The number of benzene rings is 1. The van der Waals surface area contributed by atoms with Crippen LogP contribution in [-0.2, 0) is 0 Å². The van der Waals surface area contributed by atoms with Crippen molar-refractivity contribution < 1.29 is 4.74 Å². The van der Waals surface area contributed by atoms with E-state index in [1.807, 2.05) is 24.3 Å². The molecule has 0 heterocycles. The molecule has 0 fully saturated rings. The third-order valence-electron chi connectivity index (χ3n) is 2.25. The predicted molar refractivity (Wildman–Crippen MR) is 56.3 cm³/mol. The van der Waals surface area contributed by atoms with E-state index in [1.165, 1.54) is 0 Å². The van der Waals surface area contributed by atoms with Crippen molar-refractivity contribution in [2.45, 2.75) is 25.7 Å². The lowest BCUT2D eigenvalue weighted by Gasteiger charge is -2.12. The summed E-state index contributed by atoms with van der Waals surface area (Å²) in [7, 11) is 1.64. The van der Waals surface area contributed by atoms with Gasteiger partial charge in [0.1, 0.15) is 5.75 Å². The molecule has 0 saturated heterocycles. The molecule has 74 valence electrons. The number of nitrogens with zero attached hydrogens (tertiary/aromatic N) is 1. The molecule has 0 aliphatic rings. The van der Waals surface area contributed by atoms with Crippen molar-refractivity contribution in [3.05, 3.63) is 29.8 Å². The summed E-state index contributed by atoms with van der Waals surface area (Å²) in [6.07, 6.45) is 1.90. The predicted octanol–water partition coefficient (Wildman–Crippen LogP) is 3.10. The molecule has 2 nitrogen and oxygen atoms in total. The van der Waals surface area contributed by atoms with Crippen molar-refractivity contribution in [1.29, 1.82) is 5.26 Å². The third-order valence-corrected chi connectivity index (χ3v) is 2.25. The number of hydrogen-bond donors (Lipinski definition) is 0. The van der Waals surface area contributed by atoms with E-state index in [-0.39, 0.29) is 5.92 Å². The zero-order chi connectivity index (χ0) is 10.4. The summed E-state index contributed by atoms with van der Waals surface area (Å²) < 4.78 is 5.22. The minimum absolute atomic E-state index is 0.0452. The van der Waals surface area contributed by atoms with Crippen molar-refractivity contribution in [3.63, 3.8) is 0 Å². The van der Waals surface area contributed by atoms with Gasteiger partial charge in [-0.25, -0.2) is 0 Å². The minimum atomic E-state index is -0.0452. The molecule has 2 heteroatoms. The summed E-state index contributed by atoms with van der Waals surface area (Å²) >= 11 is 0. The lowest BCUT2D eigenvalue weighted by molar-refractivity contribution is 0.407. The van der Waals surface area contributed by atoms with Crippen LogP contribution in [0.1, 0.15) is 31.2 Å². The molecule has 0 N–H and O–H groups in total. The average Bonchev–Trinajstić information content (AvgIpc) is 2.26. The fourth-order valence-electron chi connectivity index (χ4n) is 1.53. The Morgan fingerprint density at radius 2 is 2.14 bits per heavy atom. The number of hydrogen-bond acceptors (Lipinski definition) is 2. The standard InChI is InChI=1S/C12H15NO/c1-3-6-10(9-13)11-7-4-5-8-12(11)14-2/h4-5,7-8,10H,3,6H2,1-2H3. The van der Waals surface area contributed by atoms with Gasteiger partial charge in [-0.2, -0.15) is 5.26 Å². The zero-order valence-electron chi connectivity index (χ0n) is 8.66. The monoisotopic (exact) mass is 189 g/mol. The van der Waals surface area contributed by atoms with Gasteiger partial charge in [-0.3, -0.25) is 0 Å². The van der Waals surface area contributed by atoms with Gasteiger partial charge in [0.2, 0.25) is 0 Å². The Morgan fingerprint density at radius 1 is 1.43 bits per heavy atom. The van der Waals surface area contributed by atoms with Crippen molar-refractivity contribution in [3.8, 4) is 11.8 Å². The molecule has 0 spiro atoms. The van der Waals surface area contributed by atoms with Crippen LogP contribution in [0, 0.1) is 11.3 Å². The molecule has 0 aliphatic carbocycles. The lowest BCUT2D eigenvalue weighted by atomic mass is 9.95. The quantitative estimate of drug-likeness (QED) is 0.729. The highest BCUT2D eigenvalue weighted by Crippen LogP contribution is 2.28. The van der Waals surface area contributed by atoms with Gasteiger partial charge in [0.25, 0.3) is 0 Å². The maximum Gasteiger partial charge on any atom is 0.123 e. The first-order valence-corrected chi connectivity index (χ1v) is 4.86. The van der Waals surface area contributed by atoms with Crippen LogP contribution in [0.25, 0.3) is 0 Å². The van der Waals surface area contributed by atoms with Gasteiger partial charge in [0, 0.05) is 5.56 Å². The summed E-state index contributed by atoms with van der Waals surface area (Å²) in [5, 5.41) is 9.02. The molecule has 1 unspecified atom stereocenters. The SMILES string of the molecule is CCCC(C#N)c1ccccc1OC. The van der Waals surface area contributed by atoms with Crippen molar-refractivity contribution in [2.75, 3.05) is 7.11 Å². The van der Waals surface area contributed by atoms with E-state index < -0.39 is 0 Å². The van der Waals surface area contributed by atoms with Crippen LogP contribution < -0.4 is 4.74 Å². The first kappa shape index (κ1) is 10.6. The summed E-state index contributed by atoms with van der Waals surface area (Å²) in [5.74, 6) is 0.767. The number of nitriles is 1. The first-order valence-electron chi connectivity index (χ1n) is 4.86. The van der Waals surface area contributed by atoms with Crippen LogP contribution in [0.3, 0.4) is 0 Å². The normalized spacial score (nSPS) is 11.8. The van der Waals surface area contributed by atoms with Gasteiger partial charge in [0.15, 0.2) is 0 Å². The topological polar surface area (TPSA) is 33.0 Å². The number of ether oxygens (including phenoxy) is 1. The van der Waals surface area contributed by atoms with E-state index >= 15 is 0 Å². The fourth-order valence-corrected chi connectivity index (χ4v) is 1.53. The molecular formula is C12H15NO. The Labute approximate surface area is 85.1 Å². The van der Waals surface area contributed by atoms with Gasteiger partial charge < -0.3 is 4.74 Å². The molecule has 1 rings (SSSR count). The highest BCUT2D eigenvalue weighted by Gasteiger charge is 2.13. The summed E-state index contributed by atoms with van der Waals surface area (Å²) in [6.45, 7) is 2.08. The Balaban J connectivity index is 2.97. The van der Waals surface area contributed by atoms with Gasteiger partial charge in [0.05, 0.1) is 19.1 Å². The second kappa shape index (κ2) is 5.29. The molecule has 1 atom stereocenters. The molecule has 0 aliphatic heterocycles. The van der Waals surface area contributed by atoms with Crippen molar-refractivity contribution in [1.82, 2.24) is 0 Å². The van der Waals surface area contributed by atoms with Gasteiger partial charge in [-0.15, -0.1) is 0 Å². The molecule has 1 aromatic carbocycles. The molecule has 14 heavy (non-hydrogen) atoms. The van der Waals surface area contributed by atoms with Crippen molar-refractivity contribution >= 4 is 0 Å². The first-order chi connectivity index (χ1) is 6.83. The lowest BCUT2D eigenvalue weighted by Crippen LogP contribution is -1.98. The molecule has 0 bridgehead atoms. The van der Waals surface area contributed by atoms with Gasteiger partial charge in [-0.05, 0) is 12.5 Å². The Bertz CT molecular complexity index is 327. The summed E-state index contributed by atoms with van der Waals surface area (Å²) in [5.41, 5.74) is 0.999.